The van der Waals surface area contributed by atoms with Crippen molar-refractivity contribution in [2.24, 2.45) is 0 Å². The molecule has 2 aromatic carbocycles. The predicted octanol–water partition coefficient (Wildman–Crippen LogP) is 5.11. The number of rotatable bonds is 3. The normalized spacial score (nSPS) is 11.5. The number of hydrogen-bond acceptors (Lipinski definition) is 2. The van der Waals surface area contributed by atoms with Crippen LogP contribution in [0.15, 0.2) is 44.2 Å². The van der Waals surface area contributed by atoms with Crippen molar-refractivity contribution >= 4 is 59.2 Å². The third kappa shape index (κ3) is 3.59. The van der Waals surface area contributed by atoms with Crippen molar-refractivity contribution in [1.82, 2.24) is 0 Å². The molecule has 0 heterocycles. The average molecular weight is 458 g/mol. The van der Waals surface area contributed by atoms with E-state index in [9.17, 15) is 12.8 Å². The smallest absolute Gasteiger partial charge is 0.263 e. The Balaban J connectivity index is 2.48. The number of nitrogens with one attached hydrogen (secondary N) is 1. The molecule has 3 nitrogen and oxygen atoms in total. The first-order valence-electron chi connectivity index (χ1n) is 5.65. The highest BCUT2D eigenvalue weighted by atomic mass is 79.9. The molecule has 0 saturated heterocycles. The van der Waals surface area contributed by atoms with Gasteiger partial charge in [-0.2, -0.15) is 0 Å². The highest BCUT2D eigenvalue weighted by Gasteiger charge is 2.21. The molecular formula is C13H9Br2ClFNO2S. The van der Waals surface area contributed by atoms with Gasteiger partial charge in [0.15, 0.2) is 5.82 Å². The minimum atomic E-state index is -3.95. The van der Waals surface area contributed by atoms with Gasteiger partial charge < -0.3 is 0 Å². The van der Waals surface area contributed by atoms with E-state index in [0.717, 1.165) is 5.56 Å². The van der Waals surface area contributed by atoms with E-state index in [0.29, 0.717) is 8.95 Å². The highest BCUT2D eigenvalue weighted by Crippen LogP contribution is 2.31. The van der Waals surface area contributed by atoms with Gasteiger partial charge in [-0.1, -0.05) is 33.6 Å². The molecule has 0 atom stereocenters. The summed E-state index contributed by atoms with van der Waals surface area (Å²) in [5.41, 5.74) is 0.667. The highest BCUT2D eigenvalue weighted by molar-refractivity contribution is 9.11. The summed E-state index contributed by atoms with van der Waals surface area (Å²) in [7, 11) is -3.95. The topological polar surface area (TPSA) is 46.2 Å². The molecule has 0 fully saturated rings. The lowest BCUT2D eigenvalue weighted by Gasteiger charge is -2.12. The van der Waals surface area contributed by atoms with Crippen molar-refractivity contribution < 1.29 is 12.8 Å². The van der Waals surface area contributed by atoms with E-state index in [1.807, 2.05) is 6.92 Å². The summed E-state index contributed by atoms with van der Waals surface area (Å²) in [5.74, 6) is -0.815. The molecule has 2 rings (SSSR count). The monoisotopic (exact) mass is 455 g/mol. The van der Waals surface area contributed by atoms with Crippen LogP contribution in [0, 0.1) is 12.7 Å². The standard InChI is InChI=1S/C13H9Br2ClFNO2S/c1-7-5-9(15)12(6-8(7)14)21(19,20)18-11-4-2-3-10(16)13(11)17/h2-6,18H,1H3. The van der Waals surface area contributed by atoms with Crippen molar-refractivity contribution in [1.29, 1.82) is 0 Å². The summed E-state index contributed by atoms with van der Waals surface area (Å²) < 4.78 is 41.8. The van der Waals surface area contributed by atoms with E-state index in [1.165, 1.54) is 24.3 Å². The summed E-state index contributed by atoms with van der Waals surface area (Å²) in [6.45, 7) is 1.83. The Bertz CT molecular complexity index is 812. The zero-order chi connectivity index (χ0) is 15.8. The van der Waals surface area contributed by atoms with Gasteiger partial charge in [0.1, 0.15) is 4.90 Å². The first kappa shape index (κ1) is 16.7. The molecule has 0 unspecified atom stereocenters. The maximum absolute atomic E-state index is 13.8. The van der Waals surface area contributed by atoms with Gasteiger partial charge in [-0.15, -0.1) is 0 Å². The minimum Gasteiger partial charge on any atom is -0.277 e. The van der Waals surface area contributed by atoms with Gasteiger partial charge >= 0.3 is 0 Å². The lowest BCUT2D eigenvalue weighted by molar-refractivity contribution is 0.598. The fraction of sp³-hybridized carbons (Fsp3) is 0.0769. The molecule has 2 aromatic rings. The molecule has 0 spiro atoms. The van der Waals surface area contributed by atoms with Crippen molar-refractivity contribution in [2.45, 2.75) is 11.8 Å². The van der Waals surface area contributed by atoms with E-state index < -0.39 is 15.8 Å². The summed E-state index contributed by atoms with van der Waals surface area (Å²) in [6.07, 6.45) is 0. The third-order valence-corrected chi connectivity index (χ3v) is 6.17. The van der Waals surface area contributed by atoms with Crippen LogP contribution in [0.25, 0.3) is 0 Å². The van der Waals surface area contributed by atoms with Crippen LogP contribution in [0.4, 0.5) is 10.1 Å². The fourth-order valence-electron chi connectivity index (χ4n) is 1.62. The fourth-order valence-corrected chi connectivity index (χ4v) is 4.53. The average Bonchev–Trinajstić information content (AvgIpc) is 2.39. The van der Waals surface area contributed by atoms with Crippen molar-refractivity contribution in [3.05, 3.63) is 55.7 Å². The number of sulfonamides is 1. The van der Waals surface area contributed by atoms with Crippen LogP contribution in [0.3, 0.4) is 0 Å². The van der Waals surface area contributed by atoms with Crippen molar-refractivity contribution in [3.63, 3.8) is 0 Å². The van der Waals surface area contributed by atoms with E-state index in [1.54, 1.807) is 6.07 Å². The first-order valence-corrected chi connectivity index (χ1v) is 9.09. The largest absolute Gasteiger partial charge is 0.277 e. The Morgan fingerprint density at radius 2 is 1.86 bits per heavy atom. The Hall–Kier alpha value is -0.630. The molecule has 0 aliphatic heterocycles. The van der Waals surface area contributed by atoms with Gasteiger partial charge in [0.2, 0.25) is 0 Å². The summed E-state index contributed by atoms with van der Waals surface area (Å²) in [6, 6.07) is 7.21. The van der Waals surface area contributed by atoms with Gasteiger partial charge in [-0.25, -0.2) is 12.8 Å². The summed E-state index contributed by atoms with van der Waals surface area (Å²) >= 11 is 12.1. The number of benzene rings is 2. The maximum atomic E-state index is 13.8. The molecule has 8 heteroatoms. The number of aryl methyl sites for hydroxylation is 1. The number of anilines is 1. The quantitative estimate of drug-likeness (QED) is 0.696. The SMILES string of the molecule is Cc1cc(Br)c(S(=O)(=O)Nc2cccc(Cl)c2F)cc1Br. The van der Waals surface area contributed by atoms with Crippen LogP contribution < -0.4 is 4.72 Å². The van der Waals surface area contributed by atoms with E-state index in [2.05, 4.69) is 36.6 Å². The van der Waals surface area contributed by atoms with Crippen LogP contribution in [-0.4, -0.2) is 8.42 Å². The van der Waals surface area contributed by atoms with Crippen LogP contribution in [0.2, 0.25) is 5.02 Å². The lowest BCUT2D eigenvalue weighted by Crippen LogP contribution is -2.15. The van der Waals surface area contributed by atoms with Gasteiger partial charge in [0.05, 0.1) is 10.7 Å². The van der Waals surface area contributed by atoms with Gasteiger partial charge in [-0.3, -0.25) is 4.72 Å². The van der Waals surface area contributed by atoms with Gasteiger partial charge in [0, 0.05) is 8.95 Å². The van der Waals surface area contributed by atoms with Crippen molar-refractivity contribution in [2.75, 3.05) is 4.72 Å². The molecule has 0 saturated carbocycles. The molecule has 0 aromatic heterocycles. The zero-order valence-corrected chi connectivity index (χ0v) is 15.4. The maximum Gasteiger partial charge on any atom is 0.263 e. The first-order chi connectivity index (χ1) is 9.72. The molecule has 1 N–H and O–H groups in total. The van der Waals surface area contributed by atoms with E-state index >= 15 is 0 Å². The van der Waals surface area contributed by atoms with Crippen LogP contribution in [-0.2, 0) is 10.0 Å². The Labute approximate surface area is 143 Å². The van der Waals surface area contributed by atoms with Crippen LogP contribution in [0.5, 0.6) is 0 Å². The van der Waals surface area contributed by atoms with Crippen LogP contribution >= 0.6 is 43.5 Å². The van der Waals surface area contributed by atoms with E-state index in [-0.39, 0.29) is 15.6 Å². The van der Waals surface area contributed by atoms with Gasteiger partial charge in [0.25, 0.3) is 10.0 Å². The van der Waals surface area contributed by atoms with Gasteiger partial charge in [-0.05, 0) is 52.7 Å². The van der Waals surface area contributed by atoms with E-state index in [4.69, 9.17) is 11.6 Å². The molecule has 112 valence electrons. The number of halogens is 4. The summed E-state index contributed by atoms with van der Waals surface area (Å²) in [5, 5.41) is -0.153. The van der Waals surface area contributed by atoms with Crippen molar-refractivity contribution in [3.8, 4) is 0 Å². The lowest BCUT2D eigenvalue weighted by atomic mass is 10.2. The Morgan fingerprint density at radius 3 is 2.52 bits per heavy atom. The molecule has 0 amide bonds. The second kappa shape index (κ2) is 6.24. The molecule has 0 aliphatic rings. The molecule has 0 aliphatic carbocycles. The second-order valence-corrected chi connectivity index (χ2v) is 8.01. The molecule has 0 radical (unpaired) electrons. The zero-order valence-electron chi connectivity index (χ0n) is 10.6. The summed E-state index contributed by atoms with van der Waals surface area (Å²) in [4.78, 5) is -0.000601. The minimum absolute atomic E-state index is 0.000601. The molecule has 0 bridgehead atoms. The van der Waals surface area contributed by atoms with Crippen LogP contribution in [0.1, 0.15) is 5.56 Å². The molecular weight excluding hydrogens is 448 g/mol. The third-order valence-electron chi connectivity index (χ3n) is 2.70. The predicted molar refractivity (Wildman–Crippen MR) is 88.8 cm³/mol. The second-order valence-electron chi connectivity index (χ2n) is 4.24. The molecule has 21 heavy (non-hydrogen) atoms. The Kier molecular flexibility index (Phi) is 4.97. The number of hydrogen-bond donors (Lipinski definition) is 1. The Morgan fingerprint density at radius 1 is 1.19 bits per heavy atom.